The summed E-state index contributed by atoms with van der Waals surface area (Å²) in [6.45, 7) is 6.12. The molecular formula is C26H30ClFN4O2. The molecule has 2 N–H and O–H groups in total. The third kappa shape index (κ3) is 5.96. The molecule has 6 nitrogen and oxygen atoms in total. The minimum Gasteiger partial charge on any atom is -0.336 e. The van der Waals surface area contributed by atoms with E-state index in [1.807, 2.05) is 30.9 Å². The van der Waals surface area contributed by atoms with Crippen LogP contribution in [0.1, 0.15) is 37.8 Å². The summed E-state index contributed by atoms with van der Waals surface area (Å²) in [6.07, 6.45) is 5.27. The van der Waals surface area contributed by atoms with Gasteiger partial charge in [-0.1, -0.05) is 29.8 Å². The number of nitrogens with zero attached hydrogens (tertiary/aromatic N) is 2. The maximum Gasteiger partial charge on any atom is 0.319 e. The fourth-order valence-corrected chi connectivity index (χ4v) is 4.95. The van der Waals surface area contributed by atoms with E-state index in [2.05, 4.69) is 15.5 Å². The van der Waals surface area contributed by atoms with E-state index in [0.29, 0.717) is 16.3 Å². The minimum atomic E-state index is -0.325. The monoisotopic (exact) mass is 484 g/mol. The van der Waals surface area contributed by atoms with Gasteiger partial charge < -0.3 is 15.5 Å². The van der Waals surface area contributed by atoms with E-state index in [-0.39, 0.29) is 35.9 Å². The van der Waals surface area contributed by atoms with Gasteiger partial charge in [0.1, 0.15) is 5.82 Å². The Morgan fingerprint density at radius 3 is 2.44 bits per heavy atom. The molecule has 2 fully saturated rings. The number of anilines is 1. The predicted molar refractivity (Wildman–Crippen MR) is 133 cm³/mol. The number of amides is 3. The summed E-state index contributed by atoms with van der Waals surface area (Å²) >= 11 is 6.12. The number of halogens is 2. The third-order valence-electron chi connectivity index (χ3n) is 6.22. The van der Waals surface area contributed by atoms with Gasteiger partial charge in [0, 0.05) is 48.9 Å². The molecule has 2 unspecified atom stereocenters. The SMILES string of the molecule is CC(C)NC(=O)Nc1cc(Cl)ccc1/C=C/C(=O)N1C2CCC1CN(Cc1ccc(F)cc1)C2. The summed E-state index contributed by atoms with van der Waals surface area (Å²) in [6, 6.07) is 11.8. The molecule has 2 aromatic rings. The number of carbonyl (C=O) groups excluding carboxylic acids is 2. The van der Waals surface area contributed by atoms with Crippen LogP contribution in [0.15, 0.2) is 48.5 Å². The first-order valence-electron chi connectivity index (χ1n) is 11.6. The van der Waals surface area contributed by atoms with Gasteiger partial charge in [-0.25, -0.2) is 9.18 Å². The summed E-state index contributed by atoms with van der Waals surface area (Å²) in [5.74, 6) is -0.257. The molecule has 0 radical (unpaired) electrons. The van der Waals surface area contributed by atoms with Gasteiger partial charge in [-0.2, -0.15) is 0 Å². The van der Waals surface area contributed by atoms with E-state index in [0.717, 1.165) is 38.0 Å². The van der Waals surface area contributed by atoms with Crippen LogP contribution in [-0.2, 0) is 11.3 Å². The van der Waals surface area contributed by atoms with E-state index in [9.17, 15) is 14.0 Å². The number of benzene rings is 2. The quantitative estimate of drug-likeness (QED) is 0.573. The highest BCUT2D eigenvalue weighted by Gasteiger charge is 2.41. The average molecular weight is 485 g/mol. The normalized spacial score (nSPS) is 20.2. The summed E-state index contributed by atoms with van der Waals surface area (Å²) in [7, 11) is 0. The highest BCUT2D eigenvalue weighted by atomic mass is 35.5. The Labute approximate surface area is 204 Å². The van der Waals surface area contributed by atoms with Crippen LogP contribution < -0.4 is 10.6 Å². The maximum atomic E-state index is 13.2. The number of hydrogen-bond acceptors (Lipinski definition) is 3. The van der Waals surface area contributed by atoms with Gasteiger partial charge in [-0.05, 0) is 68.2 Å². The Morgan fingerprint density at radius 2 is 1.79 bits per heavy atom. The number of nitrogens with one attached hydrogen (secondary N) is 2. The topological polar surface area (TPSA) is 64.7 Å². The van der Waals surface area contributed by atoms with Gasteiger partial charge in [0.15, 0.2) is 0 Å². The molecule has 4 rings (SSSR count). The van der Waals surface area contributed by atoms with Crippen LogP contribution in [0.2, 0.25) is 5.02 Å². The molecule has 8 heteroatoms. The summed E-state index contributed by atoms with van der Waals surface area (Å²) < 4.78 is 13.2. The number of rotatable bonds is 6. The van der Waals surface area contributed by atoms with Gasteiger partial charge in [-0.3, -0.25) is 9.69 Å². The summed E-state index contributed by atoms with van der Waals surface area (Å²) in [5, 5.41) is 6.09. The van der Waals surface area contributed by atoms with Crippen molar-refractivity contribution in [1.29, 1.82) is 0 Å². The molecule has 0 aromatic heterocycles. The van der Waals surface area contributed by atoms with E-state index in [1.165, 1.54) is 12.1 Å². The van der Waals surface area contributed by atoms with Crippen LogP contribution in [0.25, 0.3) is 6.08 Å². The van der Waals surface area contributed by atoms with E-state index < -0.39 is 0 Å². The molecule has 2 aliphatic rings. The van der Waals surface area contributed by atoms with Crippen molar-refractivity contribution in [3.8, 4) is 0 Å². The number of hydrogen-bond donors (Lipinski definition) is 2. The Morgan fingerprint density at radius 1 is 1.12 bits per heavy atom. The van der Waals surface area contributed by atoms with Crippen molar-refractivity contribution in [3.63, 3.8) is 0 Å². The minimum absolute atomic E-state index is 0.00282. The molecule has 2 atom stereocenters. The molecule has 3 amide bonds. The highest BCUT2D eigenvalue weighted by molar-refractivity contribution is 6.31. The lowest BCUT2D eigenvalue weighted by molar-refractivity contribution is -0.131. The molecule has 0 saturated carbocycles. The van der Waals surface area contributed by atoms with Crippen molar-refractivity contribution in [2.75, 3.05) is 18.4 Å². The smallest absolute Gasteiger partial charge is 0.319 e. The largest absolute Gasteiger partial charge is 0.336 e. The second kappa shape index (κ2) is 10.6. The molecule has 0 aliphatic carbocycles. The lowest BCUT2D eigenvalue weighted by atomic mass is 10.1. The van der Waals surface area contributed by atoms with E-state index in [1.54, 1.807) is 30.4 Å². The van der Waals surface area contributed by atoms with Crippen LogP contribution in [0.3, 0.4) is 0 Å². The van der Waals surface area contributed by atoms with Crippen molar-refractivity contribution >= 4 is 35.3 Å². The fourth-order valence-electron chi connectivity index (χ4n) is 4.78. The van der Waals surface area contributed by atoms with Crippen LogP contribution in [0, 0.1) is 5.82 Å². The molecule has 34 heavy (non-hydrogen) atoms. The van der Waals surface area contributed by atoms with E-state index in [4.69, 9.17) is 11.6 Å². The first-order valence-corrected chi connectivity index (χ1v) is 12.0. The first-order chi connectivity index (χ1) is 16.3. The van der Waals surface area contributed by atoms with Gasteiger partial charge in [0.25, 0.3) is 0 Å². The zero-order chi connectivity index (χ0) is 24.2. The summed E-state index contributed by atoms with van der Waals surface area (Å²) in [5.41, 5.74) is 2.32. The van der Waals surface area contributed by atoms with Crippen molar-refractivity contribution in [3.05, 3.63) is 70.5 Å². The number of fused-ring (bicyclic) bond motifs is 2. The number of carbonyl (C=O) groups is 2. The van der Waals surface area contributed by atoms with Crippen molar-refractivity contribution in [1.82, 2.24) is 15.1 Å². The standard InChI is InChI=1S/C26H30ClFN4O2/c1-17(2)29-26(34)30-24-13-20(27)7-5-19(24)6-12-25(33)32-22-10-11-23(32)16-31(15-22)14-18-3-8-21(28)9-4-18/h3-9,12-13,17,22-23H,10-11,14-16H2,1-2H3,(H2,29,30,34)/b12-6+. The second-order valence-corrected chi connectivity index (χ2v) is 9.71. The fraction of sp³-hybridized carbons (Fsp3) is 0.385. The predicted octanol–water partition coefficient (Wildman–Crippen LogP) is 4.90. The maximum absolute atomic E-state index is 13.2. The Hall–Kier alpha value is -2.90. The molecule has 2 aromatic carbocycles. The average Bonchev–Trinajstić information content (AvgIpc) is 3.04. The highest BCUT2D eigenvalue weighted by Crippen LogP contribution is 2.31. The van der Waals surface area contributed by atoms with Gasteiger partial charge in [-0.15, -0.1) is 0 Å². The Kier molecular flexibility index (Phi) is 7.54. The molecule has 2 heterocycles. The molecule has 2 aliphatic heterocycles. The van der Waals surface area contributed by atoms with Crippen LogP contribution in [0.4, 0.5) is 14.9 Å². The van der Waals surface area contributed by atoms with Crippen molar-refractivity contribution < 1.29 is 14.0 Å². The van der Waals surface area contributed by atoms with Gasteiger partial charge >= 0.3 is 6.03 Å². The molecule has 0 spiro atoms. The number of likely N-dealkylation sites (tertiary alicyclic amines) is 1. The first kappa shape index (κ1) is 24.2. The zero-order valence-corrected chi connectivity index (χ0v) is 20.2. The van der Waals surface area contributed by atoms with Gasteiger partial charge in [0.2, 0.25) is 5.91 Å². The molecule has 180 valence electrons. The Balaban J connectivity index is 1.41. The van der Waals surface area contributed by atoms with Crippen LogP contribution in [-0.4, -0.2) is 53.0 Å². The van der Waals surface area contributed by atoms with Crippen molar-refractivity contribution in [2.45, 2.75) is 51.4 Å². The molecule has 2 saturated heterocycles. The lowest BCUT2D eigenvalue weighted by Crippen LogP contribution is -2.55. The van der Waals surface area contributed by atoms with Crippen LogP contribution in [0.5, 0.6) is 0 Å². The molecule has 2 bridgehead atoms. The lowest BCUT2D eigenvalue weighted by Gasteiger charge is -2.40. The third-order valence-corrected chi connectivity index (χ3v) is 6.46. The van der Waals surface area contributed by atoms with E-state index >= 15 is 0 Å². The van der Waals surface area contributed by atoms with Gasteiger partial charge in [0.05, 0.1) is 5.69 Å². The van der Waals surface area contributed by atoms with Crippen molar-refractivity contribution in [2.24, 2.45) is 0 Å². The Bertz CT molecular complexity index is 1060. The summed E-state index contributed by atoms with van der Waals surface area (Å²) in [4.78, 5) is 29.6. The number of piperazine rings is 1. The zero-order valence-electron chi connectivity index (χ0n) is 19.4. The van der Waals surface area contributed by atoms with Crippen LogP contribution >= 0.6 is 11.6 Å². The second-order valence-electron chi connectivity index (χ2n) is 9.27. The molecular weight excluding hydrogens is 455 g/mol. The number of urea groups is 1.